The van der Waals surface area contributed by atoms with Crippen molar-refractivity contribution in [1.82, 2.24) is 5.32 Å². The normalized spacial score (nSPS) is 21.6. The molecule has 7 heteroatoms. The van der Waals surface area contributed by atoms with Crippen molar-refractivity contribution in [2.24, 2.45) is 0 Å². The summed E-state index contributed by atoms with van der Waals surface area (Å²) in [5.41, 5.74) is -0.944. The molecule has 1 N–H and O–H groups in total. The second-order valence-electron chi connectivity index (χ2n) is 5.25. The fourth-order valence-corrected chi connectivity index (χ4v) is 1.60. The van der Waals surface area contributed by atoms with E-state index >= 15 is 0 Å². The van der Waals surface area contributed by atoms with Crippen molar-refractivity contribution in [3.8, 4) is 0 Å². The van der Waals surface area contributed by atoms with Gasteiger partial charge < -0.3 is 14.8 Å². The Morgan fingerprint density at radius 1 is 1.42 bits per heavy atom. The highest BCUT2D eigenvalue weighted by atomic mass is 19.3. The maximum Gasteiger partial charge on any atom is 0.408 e. The van der Waals surface area contributed by atoms with Crippen molar-refractivity contribution in [3.63, 3.8) is 0 Å². The molecule has 0 aromatic heterocycles. The molecule has 0 bridgehead atoms. The van der Waals surface area contributed by atoms with Gasteiger partial charge in [-0.1, -0.05) is 0 Å². The number of alkyl halides is 2. The third-order valence-electron chi connectivity index (χ3n) is 2.37. The first-order valence-corrected chi connectivity index (χ1v) is 5.71. The summed E-state index contributed by atoms with van der Waals surface area (Å²) in [6.07, 6.45) is -0.727. The highest BCUT2D eigenvalue weighted by molar-refractivity contribution is 5.89. The number of esters is 1. The Bertz CT molecular complexity index is 412. The molecule has 1 atom stereocenters. The quantitative estimate of drug-likeness (QED) is 0.784. The van der Waals surface area contributed by atoms with Gasteiger partial charge in [0, 0.05) is 12.0 Å². The molecule has 0 aliphatic heterocycles. The van der Waals surface area contributed by atoms with Gasteiger partial charge >= 0.3 is 12.1 Å². The molecule has 1 aliphatic rings. The van der Waals surface area contributed by atoms with E-state index in [0.717, 1.165) is 13.2 Å². The van der Waals surface area contributed by atoms with Crippen LogP contribution in [0, 0.1) is 0 Å². The maximum absolute atomic E-state index is 13.6. The number of hydrogen-bond acceptors (Lipinski definition) is 4. The third kappa shape index (κ3) is 4.18. The number of amides is 1. The Labute approximate surface area is 109 Å². The zero-order valence-corrected chi connectivity index (χ0v) is 11.3. The topological polar surface area (TPSA) is 64.6 Å². The SMILES string of the molecule is COC(=O)C1=C[C@H](NC(=O)OC(C)(C)C)C(F)(F)C1. The lowest BCUT2D eigenvalue weighted by molar-refractivity contribution is -0.136. The lowest BCUT2D eigenvalue weighted by Crippen LogP contribution is -2.45. The summed E-state index contributed by atoms with van der Waals surface area (Å²) in [6, 6.07) is -1.57. The highest BCUT2D eigenvalue weighted by Crippen LogP contribution is 2.35. The van der Waals surface area contributed by atoms with Crippen LogP contribution in [0.2, 0.25) is 0 Å². The summed E-state index contributed by atoms with van der Waals surface area (Å²) in [4.78, 5) is 22.6. The minimum Gasteiger partial charge on any atom is -0.466 e. The van der Waals surface area contributed by atoms with Crippen LogP contribution in [0.3, 0.4) is 0 Å². The number of nitrogens with one attached hydrogen (secondary N) is 1. The van der Waals surface area contributed by atoms with Crippen LogP contribution < -0.4 is 5.32 Å². The Kier molecular flexibility index (Phi) is 4.17. The molecule has 1 aliphatic carbocycles. The predicted octanol–water partition coefficient (Wildman–Crippen LogP) is 2.02. The average Bonchev–Trinajstić information content (AvgIpc) is 2.50. The van der Waals surface area contributed by atoms with E-state index in [1.807, 2.05) is 5.32 Å². The molecule has 19 heavy (non-hydrogen) atoms. The van der Waals surface area contributed by atoms with Gasteiger partial charge in [0.05, 0.1) is 7.11 Å². The molecule has 5 nitrogen and oxygen atoms in total. The largest absolute Gasteiger partial charge is 0.466 e. The van der Waals surface area contributed by atoms with Crippen LogP contribution in [0.1, 0.15) is 27.2 Å². The summed E-state index contributed by atoms with van der Waals surface area (Å²) < 4.78 is 36.5. The zero-order chi connectivity index (χ0) is 14.8. The molecule has 1 rings (SSSR count). The molecule has 0 saturated carbocycles. The van der Waals surface area contributed by atoms with Crippen molar-refractivity contribution >= 4 is 12.1 Å². The van der Waals surface area contributed by atoms with Gasteiger partial charge in [-0.05, 0) is 26.8 Å². The maximum atomic E-state index is 13.6. The fraction of sp³-hybridized carbons (Fsp3) is 0.667. The lowest BCUT2D eigenvalue weighted by atomic mass is 10.2. The molecule has 0 unspecified atom stereocenters. The summed E-state index contributed by atoms with van der Waals surface area (Å²) in [6.45, 7) is 4.86. The van der Waals surface area contributed by atoms with Crippen molar-refractivity contribution < 1.29 is 27.8 Å². The lowest BCUT2D eigenvalue weighted by Gasteiger charge is -2.24. The van der Waals surface area contributed by atoms with Crippen LogP contribution in [-0.2, 0) is 14.3 Å². The van der Waals surface area contributed by atoms with Crippen molar-refractivity contribution in [1.29, 1.82) is 0 Å². The van der Waals surface area contributed by atoms with Crippen LogP contribution >= 0.6 is 0 Å². The van der Waals surface area contributed by atoms with Gasteiger partial charge in [-0.15, -0.1) is 0 Å². The van der Waals surface area contributed by atoms with Gasteiger partial charge in [0.15, 0.2) is 0 Å². The van der Waals surface area contributed by atoms with E-state index in [0.29, 0.717) is 0 Å². The van der Waals surface area contributed by atoms with E-state index in [9.17, 15) is 18.4 Å². The molecule has 0 heterocycles. The second kappa shape index (κ2) is 5.14. The van der Waals surface area contributed by atoms with Crippen molar-refractivity contribution in [2.75, 3.05) is 7.11 Å². The Balaban J connectivity index is 2.74. The van der Waals surface area contributed by atoms with Gasteiger partial charge in [0.1, 0.15) is 11.6 Å². The second-order valence-corrected chi connectivity index (χ2v) is 5.25. The number of methoxy groups -OCH3 is 1. The molecular formula is C12H17F2NO4. The monoisotopic (exact) mass is 277 g/mol. The first-order chi connectivity index (χ1) is 8.55. The summed E-state index contributed by atoms with van der Waals surface area (Å²) in [5.74, 6) is -4.06. The van der Waals surface area contributed by atoms with E-state index in [2.05, 4.69) is 4.74 Å². The van der Waals surface area contributed by atoms with Gasteiger partial charge in [0.25, 0.3) is 5.92 Å². The van der Waals surface area contributed by atoms with Gasteiger partial charge in [-0.25, -0.2) is 18.4 Å². The van der Waals surface area contributed by atoms with Crippen LogP contribution in [-0.4, -0.2) is 36.7 Å². The number of rotatable bonds is 2. The van der Waals surface area contributed by atoms with E-state index in [-0.39, 0.29) is 5.57 Å². The Morgan fingerprint density at radius 3 is 2.47 bits per heavy atom. The smallest absolute Gasteiger partial charge is 0.408 e. The number of carbonyl (C=O) groups excluding carboxylic acids is 2. The number of ether oxygens (including phenoxy) is 2. The first kappa shape index (κ1) is 15.4. The number of halogens is 2. The molecule has 0 radical (unpaired) electrons. The van der Waals surface area contributed by atoms with Gasteiger partial charge in [-0.3, -0.25) is 0 Å². The number of hydrogen-bond donors (Lipinski definition) is 1. The van der Waals surface area contributed by atoms with E-state index in [4.69, 9.17) is 4.74 Å². The van der Waals surface area contributed by atoms with E-state index < -0.39 is 36.0 Å². The standard InChI is InChI=1S/C12H17F2NO4/c1-11(2,3)19-10(17)15-8-5-7(9(16)18-4)6-12(8,13)14/h5,8H,6H2,1-4H3,(H,15,17)/t8-/m0/s1. The molecule has 108 valence electrons. The minimum absolute atomic E-state index is 0.159. The number of alkyl carbamates (subject to hydrolysis) is 1. The molecule has 0 aromatic rings. The summed E-state index contributed by atoms with van der Waals surface area (Å²) in [5, 5.41) is 2.04. The van der Waals surface area contributed by atoms with Crippen molar-refractivity contribution in [2.45, 2.75) is 44.8 Å². The number of carbonyl (C=O) groups is 2. The zero-order valence-electron chi connectivity index (χ0n) is 11.3. The van der Waals surface area contributed by atoms with Crippen LogP contribution in [0.25, 0.3) is 0 Å². The van der Waals surface area contributed by atoms with Crippen LogP contribution in [0.4, 0.5) is 13.6 Å². The molecule has 0 saturated heterocycles. The van der Waals surface area contributed by atoms with E-state index in [1.165, 1.54) is 0 Å². The molecule has 0 aromatic carbocycles. The molecular weight excluding hydrogens is 260 g/mol. The van der Waals surface area contributed by atoms with E-state index in [1.54, 1.807) is 20.8 Å². The first-order valence-electron chi connectivity index (χ1n) is 5.71. The predicted molar refractivity (Wildman–Crippen MR) is 62.8 cm³/mol. The Hall–Kier alpha value is -1.66. The molecule has 0 fully saturated rings. The fourth-order valence-electron chi connectivity index (χ4n) is 1.60. The Morgan fingerprint density at radius 2 is 2.00 bits per heavy atom. The molecule has 0 spiro atoms. The molecule has 1 amide bonds. The van der Waals surface area contributed by atoms with Gasteiger partial charge in [-0.2, -0.15) is 0 Å². The van der Waals surface area contributed by atoms with Crippen molar-refractivity contribution in [3.05, 3.63) is 11.6 Å². The summed E-state index contributed by atoms with van der Waals surface area (Å²) in [7, 11) is 1.11. The summed E-state index contributed by atoms with van der Waals surface area (Å²) >= 11 is 0. The van der Waals surface area contributed by atoms with Gasteiger partial charge in [0.2, 0.25) is 0 Å². The minimum atomic E-state index is -3.24. The van der Waals surface area contributed by atoms with Crippen LogP contribution in [0.5, 0.6) is 0 Å². The van der Waals surface area contributed by atoms with Crippen LogP contribution in [0.15, 0.2) is 11.6 Å². The highest BCUT2D eigenvalue weighted by Gasteiger charge is 2.47. The third-order valence-corrected chi connectivity index (χ3v) is 2.37. The average molecular weight is 277 g/mol.